The minimum Gasteiger partial charge on any atom is -0.492 e. The van der Waals surface area contributed by atoms with E-state index in [9.17, 15) is 15.5 Å². The lowest BCUT2D eigenvalue weighted by molar-refractivity contribution is -0.255. The number of nitrogens with zero attached hydrogens (tertiary/aromatic N) is 4. The summed E-state index contributed by atoms with van der Waals surface area (Å²) in [5, 5.41) is 37.0. The number of carbonyl (C=O) groups is 1. The van der Waals surface area contributed by atoms with E-state index in [1.165, 1.54) is 0 Å². The van der Waals surface area contributed by atoms with Crippen molar-refractivity contribution in [2.45, 2.75) is 94.8 Å². The van der Waals surface area contributed by atoms with Crippen molar-refractivity contribution in [3.05, 3.63) is 131 Å². The molecule has 1 unspecified atom stereocenters. The van der Waals surface area contributed by atoms with Crippen molar-refractivity contribution in [2.24, 2.45) is 22.9 Å². The molecule has 12 nitrogen and oxygen atoms in total. The highest BCUT2D eigenvalue weighted by Gasteiger charge is 2.65. The van der Waals surface area contributed by atoms with Crippen molar-refractivity contribution >= 4 is 22.4 Å². The molecule has 0 radical (unpaired) electrons. The summed E-state index contributed by atoms with van der Waals surface area (Å²) in [4.78, 5) is 26.3. The smallest absolute Gasteiger partial charge is 0.254 e. The number of fused-ring (bicyclic) bond motifs is 3. The fourth-order valence-corrected chi connectivity index (χ4v) is 11.0. The van der Waals surface area contributed by atoms with Gasteiger partial charge in [-0.15, -0.1) is 6.58 Å². The molecule has 0 spiro atoms. The quantitative estimate of drug-likeness (QED) is 0.0360. The van der Waals surface area contributed by atoms with Gasteiger partial charge < -0.3 is 38.9 Å². The number of rotatable bonds is 21. The van der Waals surface area contributed by atoms with E-state index < -0.39 is 24.0 Å². The van der Waals surface area contributed by atoms with Crippen molar-refractivity contribution < 1.29 is 38.8 Å². The van der Waals surface area contributed by atoms with Gasteiger partial charge in [0.15, 0.2) is 0 Å². The largest absolute Gasteiger partial charge is 0.492 e. The molecule has 2 N–H and O–H groups in total. The first-order valence-corrected chi connectivity index (χ1v) is 24.4. The molecule has 1 amide bonds. The van der Waals surface area contributed by atoms with E-state index >= 15 is 4.79 Å². The molecular formula is C55H64N4O8. The highest BCUT2D eigenvalue weighted by molar-refractivity contribution is 6.03. The first-order chi connectivity index (χ1) is 32.9. The second kappa shape index (κ2) is 21.6. The molecule has 3 aliphatic heterocycles. The van der Waals surface area contributed by atoms with Crippen molar-refractivity contribution in [1.82, 2.24) is 9.80 Å². The van der Waals surface area contributed by atoms with Crippen LogP contribution in [0.15, 0.2) is 114 Å². The minimum atomic E-state index is -1.46. The summed E-state index contributed by atoms with van der Waals surface area (Å²) < 4.78 is 27.4. The van der Waals surface area contributed by atoms with Gasteiger partial charge >= 0.3 is 0 Å². The predicted molar refractivity (Wildman–Crippen MR) is 257 cm³/mol. The van der Waals surface area contributed by atoms with Gasteiger partial charge in [-0.05, 0) is 115 Å². The van der Waals surface area contributed by atoms with Gasteiger partial charge in [0.2, 0.25) is 12.1 Å². The number of hydrogen-bond acceptors (Lipinski definition) is 11. The van der Waals surface area contributed by atoms with E-state index in [4.69, 9.17) is 28.9 Å². The fraction of sp³-hybridized carbons (Fsp3) is 0.473. The zero-order chi connectivity index (χ0) is 46.2. The third-order valence-electron chi connectivity index (χ3n) is 14.4. The molecule has 4 aromatic carbocycles. The molecule has 0 bridgehead atoms. The Morgan fingerprint density at radius 1 is 0.985 bits per heavy atom. The predicted octanol–water partition coefficient (Wildman–Crippen LogP) is 8.91. The topological polar surface area (TPSA) is 146 Å². The summed E-state index contributed by atoms with van der Waals surface area (Å²) in [6.45, 7) is 8.87. The van der Waals surface area contributed by atoms with E-state index in [0.717, 1.165) is 97.8 Å². The van der Waals surface area contributed by atoms with E-state index in [-0.39, 0.29) is 56.4 Å². The first kappa shape index (κ1) is 46.6. The Morgan fingerprint density at radius 3 is 2.55 bits per heavy atom. The van der Waals surface area contributed by atoms with Crippen LogP contribution in [0.4, 0.5) is 0 Å². The van der Waals surface area contributed by atoms with Crippen molar-refractivity contribution in [2.75, 3.05) is 52.7 Å². The standard InChI is InChI=1S/C55H64N4O8/c1-2-30-65-55-50(59(54(62)40-21-19-38(36-56)20-22-40)37-42-15-11-14-39-12-3-4-16-44(39)42)35-48(57-67-51-18-7-10-31-64-51)46-33-41(13-5-8-28-60)45(17-6-9-29-61)52(53(46)55)47-34-43(23-24-49(47)66-55)63-32-27-58-25-26-58/h2-4,11-12,14-16,19-24,33-34,41,45,50-53,60-61H,1,5-10,13,17-18,25-32,35,37H2/t41-,45+,50-,51?,52+,53+,55+/m0/s1. The number of hydrogen-bond donors (Lipinski definition) is 2. The van der Waals surface area contributed by atoms with Crippen molar-refractivity contribution in [3.8, 4) is 17.6 Å². The van der Waals surface area contributed by atoms with Crippen LogP contribution in [0.1, 0.15) is 97.2 Å². The van der Waals surface area contributed by atoms with Crippen LogP contribution in [0.25, 0.3) is 10.8 Å². The summed E-state index contributed by atoms with van der Waals surface area (Å²) in [5.74, 6) is -0.828. The third kappa shape index (κ3) is 10.2. The fourth-order valence-electron chi connectivity index (χ4n) is 11.0. The normalized spacial score (nSPS) is 25.8. The summed E-state index contributed by atoms with van der Waals surface area (Å²) in [5.41, 5.74) is 4.52. The van der Waals surface area contributed by atoms with Crippen LogP contribution < -0.4 is 9.47 Å². The molecule has 4 aromatic rings. The van der Waals surface area contributed by atoms with Crippen LogP contribution >= 0.6 is 0 Å². The SMILES string of the molecule is C=CCO[C@@]12Oc3ccc(OCCN4CC4)cc3[C@H]3[C@H](CCCCO)[C@@H](CCCCO)C=C(C(=NOC4CCCCO4)C[C@@H]1N(Cc1cccc4ccccc14)C(=O)c1ccc(C#N)cc1)[C@H]32. The average molecular weight is 909 g/mol. The van der Waals surface area contributed by atoms with E-state index in [2.05, 4.69) is 54.0 Å². The lowest BCUT2D eigenvalue weighted by Gasteiger charge is -2.60. The van der Waals surface area contributed by atoms with E-state index in [1.807, 2.05) is 35.2 Å². The number of aliphatic hydroxyl groups excluding tert-OH is 2. The van der Waals surface area contributed by atoms with Crippen molar-refractivity contribution in [1.29, 1.82) is 5.26 Å². The van der Waals surface area contributed by atoms with Gasteiger partial charge in [-0.2, -0.15) is 5.26 Å². The number of unbranched alkanes of at least 4 members (excludes halogenated alkanes) is 2. The lowest BCUT2D eigenvalue weighted by atomic mass is 9.55. The van der Waals surface area contributed by atoms with Gasteiger partial charge in [-0.3, -0.25) is 9.69 Å². The van der Waals surface area contributed by atoms with Crippen LogP contribution in [-0.2, 0) is 20.9 Å². The highest BCUT2D eigenvalue weighted by Crippen LogP contribution is 2.62. The summed E-state index contributed by atoms with van der Waals surface area (Å²) >= 11 is 0. The second-order valence-electron chi connectivity index (χ2n) is 18.6. The van der Waals surface area contributed by atoms with Crippen molar-refractivity contribution in [3.63, 3.8) is 0 Å². The van der Waals surface area contributed by atoms with Crippen LogP contribution in [0.3, 0.4) is 0 Å². The average Bonchev–Trinajstić information content (AvgIpc) is 4.20. The van der Waals surface area contributed by atoms with Crippen LogP contribution in [-0.4, -0.2) is 102 Å². The Morgan fingerprint density at radius 2 is 1.79 bits per heavy atom. The maximum Gasteiger partial charge on any atom is 0.254 e. The molecular weight excluding hydrogens is 845 g/mol. The molecule has 0 aromatic heterocycles. The van der Waals surface area contributed by atoms with Crippen LogP contribution in [0, 0.1) is 29.1 Å². The van der Waals surface area contributed by atoms with Gasteiger partial charge in [0.25, 0.3) is 5.91 Å². The molecule has 5 aliphatic rings. The highest BCUT2D eigenvalue weighted by atomic mass is 16.8. The zero-order valence-electron chi connectivity index (χ0n) is 38.5. The van der Waals surface area contributed by atoms with Crippen LogP contribution in [0.2, 0.25) is 0 Å². The maximum atomic E-state index is 15.7. The van der Waals surface area contributed by atoms with Gasteiger partial charge in [-0.1, -0.05) is 72.6 Å². The second-order valence-corrected chi connectivity index (χ2v) is 18.6. The number of benzene rings is 4. The lowest BCUT2D eigenvalue weighted by Crippen LogP contribution is -2.70. The molecule has 2 aliphatic carbocycles. The Kier molecular flexibility index (Phi) is 15.0. The monoisotopic (exact) mass is 908 g/mol. The molecule has 3 heterocycles. The number of allylic oxidation sites excluding steroid dienone is 1. The Labute approximate surface area is 394 Å². The molecule has 67 heavy (non-hydrogen) atoms. The molecule has 1 saturated carbocycles. The van der Waals surface area contributed by atoms with Gasteiger partial charge in [0.05, 0.1) is 36.5 Å². The Bertz CT molecular complexity index is 2450. The van der Waals surface area contributed by atoms with Gasteiger partial charge in [0, 0.05) is 69.3 Å². The number of amides is 1. The number of ether oxygens (including phenoxy) is 4. The van der Waals surface area contributed by atoms with Gasteiger partial charge in [0.1, 0.15) is 24.1 Å². The molecule has 352 valence electrons. The number of oxime groups is 1. The zero-order valence-corrected chi connectivity index (χ0v) is 38.5. The first-order valence-electron chi connectivity index (χ1n) is 24.4. The third-order valence-corrected chi connectivity index (χ3v) is 14.4. The van der Waals surface area contributed by atoms with Gasteiger partial charge in [-0.25, -0.2) is 0 Å². The number of nitriles is 1. The van der Waals surface area contributed by atoms with E-state index in [1.54, 1.807) is 30.3 Å². The molecule has 9 rings (SSSR count). The number of carbonyl (C=O) groups excluding carboxylic acids is 1. The summed E-state index contributed by atoms with van der Waals surface area (Å²) in [6.07, 6.45) is 11.1. The molecule has 12 heteroatoms. The molecule has 7 atom stereocenters. The number of aliphatic hydroxyl groups is 2. The van der Waals surface area contributed by atoms with Crippen LogP contribution in [0.5, 0.6) is 11.5 Å². The maximum absolute atomic E-state index is 15.7. The Hall–Kier alpha value is -5.55. The summed E-state index contributed by atoms with van der Waals surface area (Å²) in [6, 6.07) is 28.7. The van der Waals surface area contributed by atoms with E-state index in [0.29, 0.717) is 48.6 Å². The Balaban J connectivity index is 1.26. The minimum absolute atomic E-state index is 0.0597. The summed E-state index contributed by atoms with van der Waals surface area (Å²) in [7, 11) is 0. The molecule has 2 saturated heterocycles. The molecule has 3 fully saturated rings.